The molecule has 0 saturated carbocycles. The summed E-state index contributed by atoms with van der Waals surface area (Å²) in [5.41, 5.74) is 5.90. The lowest BCUT2D eigenvalue weighted by Gasteiger charge is -2.22. The van der Waals surface area contributed by atoms with Gasteiger partial charge in [-0.15, -0.1) is 0 Å². The number of hydrogen-bond acceptors (Lipinski definition) is 5. The van der Waals surface area contributed by atoms with Crippen LogP contribution in [0, 0.1) is 0 Å². The van der Waals surface area contributed by atoms with Crippen molar-refractivity contribution in [1.82, 2.24) is 0 Å². The highest BCUT2D eigenvalue weighted by atomic mass is 16.6. The molecule has 0 bridgehead atoms. The van der Waals surface area contributed by atoms with E-state index in [1.54, 1.807) is 31.4 Å². The molecule has 0 radical (unpaired) electrons. The van der Waals surface area contributed by atoms with E-state index in [1.807, 2.05) is 13.8 Å². The van der Waals surface area contributed by atoms with Gasteiger partial charge in [-0.3, -0.25) is 0 Å². The van der Waals surface area contributed by atoms with Crippen LogP contribution in [0.5, 0.6) is 5.75 Å². The maximum Gasteiger partial charge on any atom is 0.344 e. The first-order chi connectivity index (χ1) is 8.93. The van der Waals surface area contributed by atoms with Crippen molar-refractivity contribution in [3.63, 3.8) is 0 Å². The third-order valence-corrected chi connectivity index (χ3v) is 2.76. The lowest BCUT2D eigenvalue weighted by Crippen LogP contribution is -2.26. The van der Waals surface area contributed by atoms with Crippen molar-refractivity contribution in [1.29, 1.82) is 0 Å². The summed E-state index contributed by atoms with van der Waals surface area (Å²) in [5.74, 6) is 0.187. The highest BCUT2D eigenvalue weighted by Crippen LogP contribution is 2.14. The van der Waals surface area contributed by atoms with Crippen LogP contribution in [-0.2, 0) is 14.3 Å². The maximum atomic E-state index is 11.4. The number of hydrogen-bond donors (Lipinski definition) is 1. The Hall–Kier alpha value is -1.75. The van der Waals surface area contributed by atoms with Crippen molar-refractivity contribution in [2.45, 2.75) is 25.9 Å². The molecule has 0 fully saturated rings. The predicted octanol–water partition coefficient (Wildman–Crippen LogP) is 2.01. The van der Waals surface area contributed by atoms with Crippen LogP contribution in [0.1, 0.15) is 20.3 Å². The summed E-state index contributed by atoms with van der Waals surface area (Å²) in [4.78, 5) is 11.4. The summed E-state index contributed by atoms with van der Waals surface area (Å²) in [6.45, 7) is 4.07. The molecule has 0 heterocycles. The molecule has 1 aromatic rings. The van der Waals surface area contributed by atoms with Crippen molar-refractivity contribution < 1.29 is 19.0 Å². The first kappa shape index (κ1) is 15.3. The number of esters is 1. The molecule has 5 heteroatoms. The topological polar surface area (TPSA) is 70.8 Å². The van der Waals surface area contributed by atoms with Crippen LogP contribution >= 0.6 is 0 Å². The number of carbonyl (C=O) groups excluding carboxylic acids is 1. The second-order valence-corrected chi connectivity index (χ2v) is 4.79. The van der Waals surface area contributed by atoms with E-state index in [4.69, 9.17) is 19.9 Å². The van der Waals surface area contributed by atoms with Gasteiger partial charge in [0.1, 0.15) is 5.75 Å². The van der Waals surface area contributed by atoms with E-state index in [-0.39, 0.29) is 12.2 Å². The first-order valence-corrected chi connectivity index (χ1v) is 6.12. The predicted molar refractivity (Wildman–Crippen MR) is 73.0 cm³/mol. The molecule has 0 unspecified atom stereocenters. The SMILES string of the molecule is COC(C)(C)CCOC(=O)COc1ccc(N)cc1. The van der Waals surface area contributed by atoms with Crippen molar-refractivity contribution in [3.05, 3.63) is 24.3 Å². The molecule has 1 rings (SSSR count). The van der Waals surface area contributed by atoms with E-state index < -0.39 is 5.97 Å². The Kier molecular flexibility index (Phi) is 5.63. The average Bonchev–Trinajstić information content (AvgIpc) is 2.38. The van der Waals surface area contributed by atoms with Crippen LogP contribution in [0.15, 0.2) is 24.3 Å². The fourth-order valence-electron chi connectivity index (χ4n) is 1.26. The quantitative estimate of drug-likeness (QED) is 0.604. The summed E-state index contributed by atoms with van der Waals surface area (Å²) < 4.78 is 15.6. The van der Waals surface area contributed by atoms with Gasteiger partial charge in [0.15, 0.2) is 6.61 Å². The Morgan fingerprint density at radius 2 is 1.89 bits per heavy atom. The van der Waals surface area contributed by atoms with Crippen LogP contribution < -0.4 is 10.5 Å². The largest absolute Gasteiger partial charge is 0.482 e. The summed E-state index contributed by atoms with van der Waals surface area (Å²) in [6.07, 6.45) is 0.636. The highest BCUT2D eigenvalue weighted by molar-refractivity contribution is 5.71. The summed E-state index contributed by atoms with van der Waals surface area (Å²) in [5, 5.41) is 0. The van der Waals surface area contributed by atoms with Gasteiger partial charge in [0.25, 0.3) is 0 Å². The Morgan fingerprint density at radius 1 is 1.26 bits per heavy atom. The molecule has 5 nitrogen and oxygen atoms in total. The molecule has 106 valence electrons. The smallest absolute Gasteiger partial charge is 0.344 e. The molecule has 0 aliphatic heterocycles. The number of nitrogen functional groups attached to an aromatic ring is 1. The summed E-state index contributed by atoms with van der Waals surface area (Å²) in [7, 11) is 1.63. The maximum absolute atomic E-state index is 11.4. The number of ether oxygens (including phenoxy) is 3. The molecular weight excluding hydrogens is 246 g/mol. The van der Waals surface area contributed by atoms with Gasteiger partial charge in [0, 0.05) is 19.2 Å². The van der Waals surface area contributed by atoms with Crippen molar-refractivity contribution in [3.8, 4) is 5.75 Å². The molecule has 0 amide bonds. The summed E-state index contributed by atoms with van der Waals surface area (Å²) >= 11 is 0. The standard InChI is InChI=1S/C14H21NO4/c1-14(2,17-3)8-9-18-13(16)10-19-12-6-4-11(15)5-7-12/h4-7H,8-10,15H2,1-3H3. The van der Waals surface area contributed by atoms with Gasteiger partial charge in [0.2, 0.25) is 0 Å². The van der Waals surface area contributed by atoms with Crippen molar-refractivity contribution in [2.24, 2.45) is 0 Å². The number of methoxy groups -OCH3 is 1. The minimum absolute atomic E-state index is 0.114. The number of carbonyl (C=O) groups is 1. The zero-order chi connectivity index (χ0) is 14.3. The van der Waals surface area contributed by atoms with Crippen LogP contribution in [0.3, 0.4) is 0 Å². The van der Waals surface area contributed by atoms with Gasteiger partial charge in [0.05, 0.1) is 12.2 Å². The van der Waals surface area contributed by atoms with E-state index in [0.29, 0.717) is 24.5 Å². The Balaban J connectivity index is 2.23. The molecule has 1 aromatic carbocycles. The van der Waals surface area contributed by atoms with Gasteiger partial charge in [-0.05, 0) is 38.1 Å². The molecule has 0 atom stereocenters. The van der Waals surface area contributed by atoms with E-state index in [1.165, 1.54) is 0 Å². The minimum atomic E-state index is -0.399. The number of benzene rings is 1. The molecule has 0 aliphatic carbocycles. The third kappa shape index (κ3) is 6.10. The molecule has 0 aromatic heterocycles. The van der Waals surface area contributed by atoms with Crippen molar-refractivity contribution >= 4 is 11.7 Å². The molecule has 0 aliphatic rings. The number of anilines is 1. The zero-order valence-corrected chi connectivity index (χ0v) is 11.6. The van der Waals surface area contributed by atoms with E-state index in [2.05, 4.69) is 0 Å². The van der Waals surface area contributed by atoms with Crippen molar-refractivity contribution in [2.75, 3.05) is 26.1 Å². The summed E-state index contributed by atoms with van der Waals surface area (Å²) in [6, 6.07) is 6.83. The second-order valence-electron chi connectivity index (χ2n) is 4.79. The highest BCUT2D eigenvalue weighted by Gasteiger charge is 2.17. The van der Waals surface area contributed by atoms with E-state index in [0.717, 1.165) is 0 Å². The first-order valence-electron chi connectivity index (χ1n) is 6.12. The van der Waals surface area contributed by atoms with Gasteiger partial charge in [-0.2, -0.15) is 0 Å². The van der Waals surface area contributed by atoms with Crippen LogP contribution in [-0.4, -0.2) is 31.9 Å². The van der Waals surface area contributed by atoms with Gasteiger partial charge < -0.3 is 19.9 Å². The normalized spacial score (nSPS) is 11.1. The van der Waals surface area contributed by atoms with E-state index >= 15 is 0 Å². The van der Waals surface area contributed by atoms with Crippen LogP contribution in [0.25, 0.3) is 0 Å². The van der Waals surface area contributed by atoms with Gasteiger partial charge in [-0.25, -0.2) is 4.79 Å². The molecule has 19 heavy (non-hydrogen) atoms. The van der Waals surface area contributed by atoms with Crippen LogP contribution in [0.4, 0.5) is 5.69 Å². The minimum Gasteiger partial charge on any atom is -0.482 e. The fraction of sp³-hybridized carbons (Fsp3) is 0.500. The Labute approximate surface area is 113 Å². The fourth-order valence-corrected chi connectivity index (χ4v) is 1.26. The zero-order valence-electron chi connectivity index (χ0n) is 11.6. The Morgan fingerprint density at radius 3 is 2.47 bits per heavy atom. The molecule has 0 spiro atoms. The van der Waals surface area contributed by atoms with E-state index in [9.17, 15) is 4.79 Å². The lowest BCUT2D eigenvalue weighted by molar-refractivity contribution is -0.147. The second kappa shape index (κ2) is 6.99. The molecule has 2 N–H and O–H groups in total. The average molecular weight is 267 g/mol. The van der Waals surface area contributed by atoms with Gasteiger partial charge >= 0.3 is 5.97 Å². The van der Waals surface area contributed by atoms with Gasteiger partial charge in [-0.1, -0.05) is 0 Å². The third-order valence-electron chi connectivity index (χ3n) is 2.76. The monoisotopic (exact) mass is 267 g/mol. The molecular formula is C14H21NO4. The molecule has 0 saturated heterocycles. The number of nitrogens with two attached hydrogens (primary N) is 1. The Bertz CT molecular complexity index is 400. The van der Waals surface area contributed by atoms with Crippen LogP contribution in [0.2, 0.25) is 0 Å². The lowest BCUT2D eigenvalue weighted by atomic mass is 10.1. The number of rotatable bonds is 7.